The van der Waals surface area contributed by atoms with Gasteiger partial charge in [0.25, 0.3) is 0 Å². The second-order valence-corrected chi connectivity index (χ2v) is 20.9. The molecule has 0 spiro atoms. The van der Waals surface area contributed by atoms with Crippen LogP contribution < -0.4 is 0 Å². The molecule has 12 nitrogen and oxygen atoms in total. The minimum absolute atomic E-state index is 0.0411. The number of esters is 3. The first-order chi connectivity index (χ1) is 37.6. The summed E-state index contributed by atoms with van der Waals surface area (Å²) in [7, 11) is 0. The number of aliphatic carboxylic acids is 1. The molecule has 1 aliphatic heterocycles. The Labute approximate surface area is 468 Å². The minimum atomic E-state index is -1.91. The first-order valence-electron chi connectivity index (χ1n) is 30.9. The number of ether oxygens (including phenoxy) is 5. The molecule has 77 heavy (non-hydrogen) atoms. The summed E-state index contributed by atoms with van der Waals surface area (Å²) in [4.78, 5) is 51.2. The van der Waals surface area contributed by atoms with Gasteiger partial charge in [-0.15, -0.1) is 0 Å². The van der Waals surface area contributed by atoms with E-state index < -0.39 is 67.3 Å². The molecular weight excluding hydrogens is 973 g/mol. The van der Waals surface area contributed by atoms with Gasteiger partial charge >= 0.3 is 23.9 Å². The average molecular weight is 1080 g/mol. The van der Waals surface area contributed by atoms with Gasteiger partial charge in [-0.25, -0.2) is 4.79 Å². The van der Waals surface area contributed by atoms with Crippen molar-refractivity contribution >= 4 is 23.9 Å². The second-order valence-electron chi connectivity index (χ2n) is 20.9. The van der Waals surface area contributed by atoms with Crippen LogP contribution in [0.15, 0.2) is 72.9 Å². The highest BCUT2D eigenvalue weighted by Crippen LogP contribution is 2.26. The maximum absolute atomic E-state index is 13.1. The van der Waals surface area contributed by atoms with Gasteiger partial charge in [-0.05, 0) is 109 Å². The van der Waals surface area contributed by atoms with Crippen molar-refractivity contribution in [3.05, 3.63) is 72.9 Å². The number of hydrogen-bond donors (Lipinski definition) is 3. The number of aliphatic hydroxyl groups excluding tert-OH is 2. The Balaban J connectivity index is 2.68. The minimum Gasteiger partial charge on any atom is -0.479 e. The zero-order chi connectivity index (χ0) is 56.1. The van der Waals surface area contributed by atoms with E-state index in [4.69, 9.17) is 23.7 Å². The number of carboxylic acids is 1. The fraction of sp³-hybridized carbons (Fsp3) is 0.754. The Hall–Kier alpha value is -3.84. The van der Waals surface area contributed by atoms with Gasteiger partial charge in [0.05, 0.1) is 6.61 Å². The molecule has 0 bridgehead atoms. The molecular formula is C65H110O12. The lowest BCUT2D eigenvalue weighted by Crippen LogP contribution is -2.61. The molecule has 0 saturated carbocycles. The number of allylic oxidation sites excluding steroid dienone is 12. The molecule has 442 valence electrons. The molecule has 0 aromatic heterocycles. The van der Waals surface area contributed by atoms with Gasteiger partial charge < -0.3 is 39.0 Å². The molecule has 1 aliphatic rings. The second kappa shape index (κ2) is 52.8. The van der Waals surface area contributed by atoms with Gasteiger partial charge in [0, 0.05) is 19.3 Å². The lowest BCUT2D eigenvalue weighted by Gasteiger charge is -2.40. The number of rotatable bonds is 52. The van der Waals surface area contributed by atoms with Crippen LogP contribution in [0.3, 0.4) is 0 Å². The van der Waals surface area contributed by atoms with Crippen LogP contribution in [0, 0.1) is 0 Å². The van der Waals surface area contributed by atoms with Crippen LogP contribution in [-0.2, 0) is 42.9 Å². The molecule has 0 radical (unpaired) electrons. The molecule has 0 aromatic carbocycles. The monoisotopic (exact) mass is 1080 g/mol. The summed E-state index contributed by atoms with van der Waals surface area (Å²) < 4.78 is 28.4. The Bertz CT molecular complexity index is 1620. The number of carbonyl (C=O) groups is 4. The highest BCUT2D eigenvalue weighted by molar-refractivity contribution is 5.74. The van der Waals surface area contributed by atoms with Gasteiger partial charge in [-0.2, -0.15) is 0 Å². The van der Waals surface area contributed by atoms with Crippen molar-refractivity contribution < 1.29 is 58.2 Å². The molecule has 12 heteroatoms. The topological polar surface area (TPSA) is 175 Å². The predicted molar refractivity (Wildman–Crippen MR) is 312 cm³/mol. The van der Waals surface area contributed by atoms with Crippen molar-refractivity contribution in [2.24, 2.45) is 0 Å². The van der Waals surface area contributed by atoms with E-state index in [1.165, 1.54) is 64.2 Å². The largest absolute Gasteiger partial charge is 0.479 e. The maximum Gasteiger partial charge on any atom is 0.335 e. The molecule has 3 N–H and O–H groups in total. The first kappa shape index (κ1) is 71.2. The van der Waals surface area contributed by atoms with Gasteiger partial charge in [0.1, 0.15) is 18.8 Å². The smallest absolute Gasteiger partial charge is 0.335 e. The Morgan fingerprint density at radius 1 is 0.442 bits per heavy atom. The highest BCUT2D eigenvalue weighted by Gasteiger charge is 2.50. The quantitative estimate of drug-likeness (QED) is 0.0228. The van der Waals surface area contributed by atoms with E-state index in [9.17, 15) is 34.5 Å². The average Bonchev–Trinajstić information content (AvgIpc) is 3.42. The highest BCUT2D eigenvalue weighted by atomic mass is 16.7. The van der Waals surface area contributed by atoms with Crippen LogP contribution in [0.5, 0.6) is 0 Å². The SMILES string of the molecule is CC/C=C\C/C=C\C/C=C\C/C=C\CCCCCCCCC(=O)OC1C(OCC(COC(=O)CCCCCCC/C=C\CCCCCCCC)OC(=O)CCCCCCC/C=C\CCCCCC)OC(C(=O)O)C(O)C1O. The molecule has 1 saturated heterocycles. The summed E-state index contributed by atoms with van der Waals surface area (Å²) >= 11 is 0. The zero-order valence-corrected chi connectivity index (χ0v) is 48.7. The van der Waals surface area contributed by atoms with Crippen LogP contribution in [0.25, 0.3) is 0 Å². The lowest BCUT2D eigenvalue weighted by atomic mass is 9.98. The van der Waals surface area contributed by atoms with E-state index >= 15 is 0 Å². The number of hydrogen-bond acceptors (Lipinski definition) is 11. The fourth-order valence-corrected chi connectivity index (χ4v) is 9.00. The zero-order valence-electron chi connectivity index (χ0n) is 48.7. The van der Waals surface area contributed by atoms with Crippen LogP contribution in [0.4, 0.5) is 0 Å². The van der Waals surface area contributed by atoms with E-state index in [-0.39, 0.29) is 25.9 Å². The Kier molecular flexibility index (Phi) is 48.8. The third kappa shape index (κ3) is 42.7. The number of carboxylic acid groups (broad SMARTS) is 1. The van der Waals surface area contributed by atoms with Crippen molar-refractivity contribution in [2.45, 2.75) is 302 Å². The molecule has 6 unspecified atom stereocenters. The van der Waals surface area contributed by atoms with E-state index in [0.29, 0.717) is 19.3 Å². The summed E-state index contributed by atoms with van der Waals surface area (Å²) in [5.74, 6) is -3.15. The fourth-order valence-electron chi connectivity index (χ4n) is 9.00. The van der Waals surface area contributed by atoms with E-state index in [0.717, 1.165) is 141 Å². The van der Waals surface area contributed by atoms with Crippen LogP contribution in [0.2, 0.25) is 0 Å². The third-order valence-electron chi connectivity index (χ3n) is 13.7. The van der Waals surface area contributed by atoms with Crippen molar-refractivity contribution in [3.8, 4) is 0 Å². The third-order valence-corrected chi connectivity index (χ3v) is 13.7. The van der Waals surface area contributed by atoms with E-state index in [1.807, 2.05) is 0 Å². The molecule has 1 fully saturated rings. The number of aliphatic hydroxyl groups is 2. The van der Waals surface area contributed by atoms with Gasteiger partial charge in [-0.3, -0.25) is 14.4 Å². The van der Waals surface area contributed by atoms with E-state index in [1.54, 1.807) is 0 Å². The summed E-state index contributed by atoms with van der Waals surface area (Å²) in [6.07, 6.45) is 54.3. The van der Waals surface area contributed by atoms with Crippen LogP contribution >= 0.6 is 0 Å². The molecule has 0 aliphatic carbocycles. The lowest BCUT2D eigenvalue weighted by molar-refractivity contribution is -0.301. The molecule has 0 aromatic rings. The van der Waals surface area contributed by atoms with Gasteiger partial charge in [-0.1, -0.05) is 209 Å². The summed E-state index contributed by atoms with van der Waals surface area (Å²) in [6, 6.07) is 0. The summed E-state index contributed by atoms with van der Waals surface area (Å²) in [5.41, 5.74) is 0. The molecule has 6 atom stereocenters. The normalized spacial score (nSPS) is 18.5. The summed E-state index contributed by atoms with van der Waals surface area (Å²) in [5, 5.41) is 31.5. The molecule has 0 amide bonds. The van der Waals surface area contributed by atoms with E-state index in [2.05, 4.69) is 93.7 Å². The Morgan fingerprint density at radius 3 is 1.27 bits per heavy atom. The number of unbranched alkanes of at least 4 members (excludes halogenated alkanes) is 26. The van der Waals surface area contributed by atoms with Crippen LogP contribution in [0.1, 0.15) is 265 Å². The number of carbonyl (C=O) groups excluding carboxylic acids is 3. The molecule has 1 heterocycles. The molecule has 1 rings (SSSR count). The Morgan fingerprint density at radius 2 is 0.818 bits per heavy atom. The predicted octanol–water partition coefficient (Wildman–Crippen LogP) is 16.1. The first-order valence-corrected chi connectivity index (χ1v) is 30.9. The van der Waals surface area contributed by atoms with Crippen molar-refractivity contribution in [1.82, 2.24) is 0 Å². The summed E-state index contributed by atoms with van der Waals surface area (Å²) in [6.45, 7) is 5.85. The van der Waals surface area contributed by atoms with Gasteiger partial charge in [0.2, 0.25) is 0 Å². The standard InChI is InChI=1S/C65H110O12/c1-4-7-10-13-16-19-22-25-27-28-29-30-32-35-38-41-44-47-50-53-59(68)76-63-61(70)60(69)62(64(71)72)77-65(63)74-55-56(75-58(67)52-49-46-43-40-37-33-24-21-18-15-12-9-6-3)54-73-57(66)51-48-45-42-39-36-34-31-26-23-20-17-14-11-8-5-2/h7,10,16,19,21,24-27,29-31,56,60-63,65,69-70H,4-6,8-9,11-15,17-18,20,22-23,28,32-55H2,1-3H3,(H,71,72)/b10-7-,19-16-,24-21-,27-25-,30-29-,31-26-. The van der Waals surface area contributed by atoms with Crippen molar-refractivity contribution in [3.63, 3.8) is 0 Å². The van der Waals surface area contributed by atoms with Crippen LogP contribution in [-0.4, -0.2) is 89.2 Å². The van der Waals surface area contributed by atoms with Crippen molar-refractivity contribution in [1.29, 1.82) is 0 Å². The van der Waals surface area contributed by atoms with Gasteiger partial charge in [0.15, 0.2) is 24.6 Å². The maximum atomic E-state index is 13.1. The van der Waals surface area contributed by atoms with Crippen molar-refractivity contribution in [2.75, 3.05) is 13.2 Å².